The average molecular weight is 309 g/mol. The fourth-order valence-corrected chi connectivity index (χ4v) is 4.32. The van der Waals surface area contributed by atoms with Crippen molar-refractivity contribution >= 4 is 11.3 Å². The van der Waals surface area contributed by atoms with E-state index in [4.69, 9.17) is 0 Å². The first kappa shape index (κ1) is 17.0. The second kappa shape index (κ2) is 8.92. The molecule has 1 heterocycles. The molecule has 1 aliphatic rings. The smallest absolute Gasteiger partial charge is 0.0410 e. The summed E-state index contributed by atoms with van der Waals surface area (Å²) in [7, 11) is 2.30. The maximum atomic E-state index is 3.82. The van der Waals surface area contributed by atoms with Crippen molar-refractivity contribution in [2.45, 2.75) is 64.5 Å². The van der Waals surface area contributed by atoms with Crippen LogP contribution in [0.15, 0.2) is 17.5 Å². The highest BCUT2D eigenvalue weighted by molar-refractivity contribution is 7.10. The van der Waals surface area contributed by atoms with Crippen LogP contribution in [0.1, 0.15) is 63.3 Å². The lowest BCUT2D eigenvalue weighted by molar-refractivity contribution is 0.187. The molecule has 0 aromatic carbocycles. The zero-order valence-corrected chi connectivity index (χ0v) is 14.8. The molecule has 0 radical (unpaired) electrons. The minimum Gasteiger partial charge on any atom is -0.314 e. The molecule has 1 N–H and O–H groups in total. The van der Waals surface area contributed by atoms with Crippen molar-refractivity contribution in [3.8, 4) is 0 Å². The van der Waals surface area contributed by atoms with E-state index in [1.165, 1.54) is 56.5 Å². The Bertz CT molecular complexity index is 377. The summed E-state index contributed by atoms with van der Waals surface area (Å²) in [5.41, 5.74) is 0. The molecule has 0 amide bonds. The number of nitrogens with one attached hydrogen (secondary N) is 1. The normalized spacial score (nSPS) is 25.0. The summed E-state index contributed by atoms with van der Waals surface area (Å²) >= 11 is 1.88. The van der Waals surface area contributed by atoms with Crippen molar-refractivity contribution < 1.29 is 0 Å². The first-order chi connectivity index (χ1) is 10.2. The number of thiophene rings is 1. The van der Waals surface area contributed by atoms with E-state index < -0.39 is 0 Å². The summed E-state index contributed by atoms with van der Waals surface area (Å²) in [5.74, 6) is 0.812. The molecular formula is C18H32N2S. The molecule has 0 bridgehead atoms. The molecule has 1 fully saturated rings. The molecule has 1 aromatic heterocycles. The molecular weight excluding hydrogens is 276 g/mol. The second-order valence-electron chi connectivity index (χ2n) is 6.59. The zero-order chi connectivity index (χ0) is 15.1. The molecule has 3 unspecified atom stereocenters. The Morgan fingerprint density at radius 1 is 1.33 bits per heavy atom. The van der Waals surface area contributed by atoms with Crippen LogP contribution < -0.4 is 5.32 Å². The molecule has 2 rings (SSSR count). The fraction of sp³-hybridized carbons (Fsp3) is 0.778. The largest absolute Gasteiger partial charge is 0.314 e. The Morgan fingerprint density at radius 2 is 2.14 bits per heavy atom. The van der Waals surface area contributed by atoms with E-state index in [1.807, 2.05) is 11.3 Å². The second-order valence-corrected chi connectivity index (χ2v) is 7.57. The van der Waals surface area contributed by atoms with Crippen molar-refractivity contribution in [3.05, 3.63) is 22.4 Å². The van der Waals surface area contributed by atoms with Gasteiger partial charge in [0.05, 0.1) is 0 Å². The van der Waals surface area contributed by atoms with E-state index in [0.29, 0.717) is 6.04 Å². The Labute approximate surface area is 134 Å². The standard InChI is InChI=1S/C18H32N2S/c1-4-12-19-17-10-7-5-6-9-16(17)14-20(3)15(2)18-11-8-13-21-18/h8,11,13,15-17,19H,4-7,9-10,12,14H2,1-3H3. The van der Waals surface area contributed by atoms with Crippen LogP contribution in [0.2, 0.25) is 0 Å². The molecule has 0 aliphatic heterocycles. The van der Waals surface area contributed by atoms with Gasteiger partial charge >= 0.3 is 0 Å². The molecule has 1 aliphatic carbocycles. The van der Waals surface area contributed by atoms with Crippen molar-refractivity contribution in [2.75, 3.05) is 20.1 Å². The summed E-state index contributed by atoms with van der Waals surface area (Å²) in [6.07, 6.45) is 8.24. The van der Waals surface area contributed by atoms with Gasteiger partial charge in [0.15, 0.2) is 0 Å². The summed E-state index contributed by atoms with van der Waals surface area (Å²) in [6.45, 7) is 7.01. The van der Waals surface area contributed by atoms with Gasteiger partial charge in [0.25, 0.3) is 0 Å². The zero-order valence-electron chi connectivity index (χ0n) is 14.0. The Balaban J connectivity index is 1.93. The van der Waals surface area contributed by atoms with Crippen LogP contribution in [0.4, 0.5) is 0 Å². The first-order valence-corrected chi connectivity index (χ1v) is 9.57. The van der Waals surface area contributed by atoms with Crippen LogP contribution in [-0.2, 0) is 0 Å². The fourth-order valence-electron chi connectivity index (χ4n) is 3.48. The molecule has 21 heavy (non-hydrogen) atoms. The summed E-state index contributed by atoms with van der Waals surface area (Å²) < 4.78 is 0. The van der Waals surface area contributed by atoms with Crippen molar-refractivity contribution in [3.63, 3.8) is 0 Å². The summed E-state index contributed by atoms with van der Waals surface area (Å²) in [6, 6.07) is 5.71. The predicted molar refractivity (Wildman–Crippen MR) is 94.0 cm³/mol. The van der Waals surface area contributed by atoms with Crippen LogP contribution in [0.5, 0.6) is 0 Å². The summed E-state index contributed by atoms with van der Waals surface area (Å²) in [5, 5.41) is 6.01. The van der Waals surface area contributed by atoms with Gasteiger partial charge in [-0.2, -0.15) is 0 Å². The lowest BCUT2D eigenvalue weighted by atomic mass is 9.93. The Kier molecular flexibility index (Phi) is 7.21. The number of hydrogen-bond acceptors (Lipinski definition) is 3. The molecule has 0 spiro atoms. The monoisotopic (exact) mass is 308 g/mol. The van der Waals surface area contributed by atoms with Gasteiger partial charge in [-0.15, -0.1) is 11.3 Å². The third-order valence-corrected chi connectivity index (χ3v) is 6.00. The van der Waals surface area contributed by atoms with Gasteiger partial charge in [0.2, 0.25) is 0 Å². The van der Waals surface area contributed by atoms with Crippen LogP contribution >= 0.6 is 11.3 Å². The minimum absolute atomic E-state index is 0.542. The van der Waals surface area contributed by atoms with Crippen LogP contribution in [0.3, 0.4) is 0 Å². The van der Waals surface area contributed by atoms with Gasteiger partial charge in [-0.25, -0.2) is 0 Å². The topological polar surface area (TPSA) is 15.3 Å². The molecule has 0 saturated heterocycles. The van der Waals surface area contributed by atoms with Crippen LogP contribution in [-0.4, -0.2) is 31.1 Å². The van der Waals surface area contributed by atoms with Gasteiger partial charge in [-0.3, -0.25) is 4.90 Å². The summed E-state index contributed by atoms with van der Waals surface area (Å²) in [4.78, 5) is 4.05. The van der Waals surface area contributed by atoms with Gasteiger partial charge < -0.3 is 5.32 Å². The van der Waals surface area contributed by atoms with E-state index >= 15 is 0 Å². The van der Waals surface area contributed by atoms with E-state index in [0.717, 1.165) is 12.0 Å². The Hall–Kier alpha value is -0.380. The molecule has 2 nitrogen and oxygen atoms in total. The van der Waals surface area contributed by atoms with E-state index in [-0.39, 0.29) is 0 Å². The highest BCUT2D eigenvalue weighted by atomic mass is 32.1. The SMILES string of the molecule is CCCNC1CCCCCC1CN(C)C(C)c1cccs1. The van der Waals surface area contributed by atoms with Gasteiger partial charge in [0, 0.05) is 23.5 Å². The number of hydrogen-bond donors (Lipinski definition) is 1. The van der Waals surface area contributed by atoms with Gasteiger partial charge in [-0.05, 0) is 57.1 Å². The molecule has 120 valence electrons. The van der Waals surface area contributed by atoms with Gasteiger partial charge in [-0.1, -0.05) is 32.3 Å². The minimum atomic E-state index is 0.542. The lowest BCUT2D eigenvalue weighted by Crippen LogP contribution is -2.41. The van der Waals surface area contributed by atoms with Crippen molar-refractivity contribution in [2.24, 2.45) is 5.92 Å². The maximum absolute atomic E-state index is 3.82. The number of nitrogens with zero attached hydrogens (tertiary/aromatic N) is 1. The highest BCUT2D eigenvalue weighted by Gasteiger charge is 2.26. The lowest BCUT2D eigenvalue weighted by Gasteiger charge is -2.33. The number of rotatable bonds is 7. The van der Waals surface area contributed by atoms with E-state index in [1.54, 1.807) is 0 Å². The quantitative estimate of drug-likeness (QED) is 0.735. The molecule has 3 atom stereocenters. The highest BCUT2D eigenvalue weighted by Crippen LogP contribution is 2.28. The molecule has 1 aromatic rings. The maximum Gasteiger partial charge on any atom is 0.0410 e. The van der Waals surface area contributed by atoms with Gasteiger partial charge in [0.1, 0.15) is 0 Å². The third kappa shape index (κ3) is 5.08. The molecule has 3 heteroatoms. The van der Waals surface area contributed by atoms with Crippen LogP contribution in [0.25, 0.3) is 0 Å². The molecule has 1 saturated carbocycles. The van der Waals surface area contributed by atoms with E-state index in [2.05, 4.69) is 48.6 Å². The first-order valence-electron chi connectivity index (χ1n) is 8.69. The van der Waals surface area contributed by atoms with E-state index in [9.17, 15) is 0 Å². The Morgan fingerprint density at radius 3 is 2.86 bits per heavy atom. The van der Waals surface area contributed by atoms with Crippen molar-refractivity contribution in [1.29, 1.82) is 0 Å². The van der Waals surface area contributed by atoms with Crippen molar-refractivity contribution in [1.82, 2.24) is 10.2 Å². The third-order valence-electron chi connectivity index (χ3n) is 4.95. The predicted octanol–water partition coefficient (Wildman–Crippen LogP) is 4.69. The van der Waals surface area contributed by atoms with Crippen LogP contribution in [0, 0.1) is 5.92 Å². The average Bonchev–Trinajstić information content (AvgIpc) is 2.93.